The van der Waals surface area contributed by atoms with Crippen LogP contribution in [-0.2, 0) is 14.4 Å². The average Bonchev–Trinajstić information content (AvgIpc) is 2.54. The Labute approximate surface area is 144 Å². The maximum Gasteiger partial charge on any atom is 0.317 e. The second-order valence-corrected chi connectivity index (χ2v) is 8.16. The van der Waals surface area contributed by atoms with Gasteiger partial charge in [-0.05, 0) is 56.6 Å². The summed E-state index contributed by atoms with van der Waals surface area (Å²) in [6, 6.07) is 8.64. The van der Waals surface area contributed by atoms with Crippen molar-refractivity contribution in [3.8, 4) is 5.75 Å². The van der Waals surface area contributed by atoms with Crippen LogP contribution in [0.15, 0.2) is 30.3 Å². The largest absolute Gasteiger partial charge is 0.481 e. The Kier molecular flexibility index (Phi) is 3.27. The maximum absolute atomic E-state index is 13.0. The second kappa shape index (κ2) is 5.07. The van der Waals surface area contributed by atoms with E-state index in [2.05, 4.69) is 0 Å². The van der Waals surface area contributed by atoms with Crippen molar-refractivity contribution in [1.29, 1.82) is 0 Å². The van der Waals surface area contributed by atoms with E-state index in [1.165, 1.54) is 0 Å². The minimum absolute atomic E-state index is 0.0632. The predicted octanol–water partition coefficient (Wildman–Crippen LogP) is 2.72. The van der Waals surface area contributed by atoms with Gasteiger partial charge in [0.15, 0.2) is 0 Å². The number of carbonyl (C=O) groups is 3. The molecule has 6 heteroatoms. The quantitative estimate of drug-likeness (QED) is 0.643. The highest BCUT2D eigenvalue weighted by molar-refractivity contribution is 5.87. The third-order valence-electron chi connectivity index (χ3n) is 6.36. The van der Waals surface area contributed by atoms with Crippen LogP contribution in [0.25, 0.3) is 0 Å². The number of para-hydroxylation sites is 1. The van der Waals surface area contributed by atoms with Crippen molar-refractivity contribution >= 4 is 17.9 Å². The molecule has 4 saturated carbocycles. The summed E-state index contributed by atoms with van der Waals surface area (Å²) in [7, 11) is 0. The van der Waals surface area contributed by atoms with E-state index in [1.54, 1.807) is 30.3 Å². The van der Waals surface area contributed by atoms with Gasteiger partial charge in [0.25, 0.3) is 0 Å². The van der Waals surface area contributed by atoms with Gasteiger partial charge in [0.2, 0.25) is 0 Å². The van der Waals surface area contributed by atoms with Crippen LogP contribution in [0.3, 0.4) is 0 Å². The van der Waals surface area contributed by atoms with Gasteiger partial charge >= 0.3 is 17.9 Å². The zero-order valence-electron chi connectivity index (χ0n) is 13.7. The Morgan fingerprint density at radius 3 is 1.84 bits per heavy atom. The molecule has 0 aromatic heterocycles. The summed E-state index contributed by atoms with van der Waals surface area (Å²) in [6.45, 7) is 0. The van der Waals surface area contributed by atoms with Gasteiger partial charge in [0.05, 0.1) is 16.2 Å². The number of carboxylic acids is 2. The van der Waals surface area contributed by atoms with Crippen LogP contribution in [0.1, 0.15) is 38.5 Å². The number of benzene rings is 1. The molecular weight excluding hydrogens is 324 g/mol. The third kappa shape index (κ3) is 2.27. The van der Waals surface area contributed by atoms with E-state index in [9.17, 15) is 24.6 Å². The van der Waals surface area contributed by atoms with E-state index >= 15 is 0 Å². The van der Waals surface area contributed by atoms with Gasteiger partial charge < -0.3 is 14.9 Å². The molecule has 132 valence electrons. The van der Waals surface area contributed by atoms with E-state index < -0.39 is 34.2 Å². The van der Waals surface area contributed by atoms with Gasteiger partial charge in [-0.3, -0.25) is 14.4 Å². The Bertz CT molecular complexity index is 724. The average molecular weight is 344 g/mol. The van der Waals surface area contributed by atoms with Crippen LogP contribution in [0.5, 0.6) is 5.75 Å². The van der Waals surface area contributed by atoms with Gasteiger partial charge in [0, 0.05) is 0 Å². The molecule has 1 aromatic rings. The zero-order valence-corrected chi connectivity index (χ0v) is 13.7. The molecule has 0 heterocycles. The molecule has 2 N–H and O–H groups in total. The van der Waals surface area contributed by atoms with Crippen molar-refractivity contribution < 1.29 is 29.3 Å². The molecule has 6 nitrogen and oxygen atoms in total. The van der Waals surface area contributed by atoms with Crippen LogP contribution in [0.4, 0.5) is 0 Å². The first-order valence-electron chi connectivity index (χ1n) is 8.54. The summed E-state index contributed by atoms with van der Waals surface area (Å²) >= 11 is 0. The van der Waals surface area contributed by atoms with Crippen molar-refractivity contribution in [2.24, 2.45) is 22.2 Å². The Hall–Kier alpha value is -2.37. The molecule has 2 unspecified atom stereocenters. The Morgan fingerprint density at radius 1 is 0.840 bits per heavy atom. The molecule has 4 fully saturated rings. The van der Waals surface area contributed by atoms with Gasteiger partial charge in [-0.15, -0.1) is 0 Å². The summed E-state index contributed by atoms with van der Waals surface area (Å²) in [5.41, 5.74) is -3.28. The molecule has 0 radical (unpaired) electrons. The molecule has 4 bridgehead atoms. The van der Waals surface area contributed by atoms with Crippen molar-refractivity contribution in [3.63, 3.8) is 0 Å². The van der Waals surface area contributed by atoms with E-state index in [4.69, 9.17) is 4.74 Å². The van der Waals surface area contributed by atoms with Crippen LogP contribution in [-0.4, -0.2) is 28.1 Å². The molecule has 0 aliphatic heterocycles. The molecule has 25 heavy (non-hydrogen) atoms. The standard InChI is InChI=1S/C19H20O6/c20-14(21)17-6-12-7-18(9-17,15(22)23)11-19(8-12,10-17)16(24)25-13-4-2-1-3-5-13/h1-5,12H,6-11H2,(H,20,21)(H,22,23). The lowest BCUT2D eigenvalue weighted by Crippen LogP contribution is -2.64. The number of hydrogen-bond donors (Lipinski definition) is 2. The number of ether oxygens (including phenoxy) is 1. The summed E-state index contributed by atoms with van der Waals surface area (Å²) in [4.78, 5) is 37.0. The van der Waals surface area contributed by atoms with E-state index in [-0.39, 0.29) is 25.2 Å². The molecule has 0 saturated heterocycles. The van der Waals surface area contributed by atoms with Crippen molar-refractivity contribution in [2.75, 3.05) is 0 Å². The van der Waals surface area contributed by atoms with E-state index in [1.807, 2.05) is 0 Å². The van der Waals surface area contributed by atoms with Gasteiger partial charge in [-0.2, -0.15) is 0 Å². The van der Waals surface area contributed by atoms with Crippen LogP contribution in [0.2, 0.25) is 0 Å². The number of aliphatic carboxylic acids is 2. The monoisotopic (exact) mass is 344 g/mol. The SMILES string of the molecule is O=C(O)C12CC3CC(C(=O)O)(C1)CC(C(=O)Oc1ccccc1)(C3)C2. The number of rotatable bonds is 4. The molecule has 5 rings (SSSR count). The predicted molar refractivity (Wildman–Crippen MR) is 85.8 cm³/mol. The first-order valence-corrected chi connectivity index (χ1v) is 8.54. The fourth-order valence-corrected chi connectivity index (χ4v) is 5.85. The van der Waals surface area contributed by atoms with Gasteiger partial charge in [-0.1, -0.05) is 18.2 Å². The lowest BCUT2D eigenvalue weighted by molar-refractivity contribution is -0.207. The Balaban J connectivity index is 1.72. The number of carbonyl (C=O) groups excluding carboxylic acids is 1. The molecule has 0 amide bonds. The minimum Gasteiger partial charge on any atom is -0.481 e. The maximum atomic E-state index is 13.0. The highest BCUT2D eigenvalue weighted by atomic mass is 16.5. The summed E-state index contributed by atoms with van der Waals surface area (Å²) < 4.78 is 5.52. The summed E-state index contributed by atoms with van der Waals surface area (Å²) in [5.74, 6) is -2.12. The van der Waals surface area contributed by atoms with Gasteiger partial charge in [-0.25, -0.2) is 0 Å². The van der Waals surface area contributed by atoms with Crippen LogP contribution in [0, 0.1) is 22.2 Å². The molecule has 0 spiro atoms. The normalized spacial score (nSPS) is 38.3. The number of carboxylic acid groups (broad SMARTS) is 2. The third-order valence-corrected chi connectivity index (χ3v) is 6.36. The van der Waals surface area contributed by atoms with Gasteiger partial charge in [0.1, 0.15) is 5.75 Å². The smallest absolute Gasteiger partial charge is 0.317 e. The minimum atomic E-state index is -1.13. The van der Waals surface area contributed by atoms with Crippen LogP contribution < -0.4 is 4.74 Å². The first-order chi connectivity index (χ1) is 11.8. The number of esters is 1. The lowest BCUT2D eigenvalue weighted by Gasteiger charge is -2.62. The first kappa shape index (κ1) is 16.1. The number of hydrogen-bond acceptors (Lipinski definition) is 4. The fraction of sp³-hybridized carbons (Fsp3) is 0.526. The molecule has 2 atom stereocenters. The molecular formula is C19H20O6. The molecule has 1 aromatic carbocycles. The van der Waals surface area contributed by atoms with Crippen molar-refractivity contribution in [2.45, 2.75) is 38.5 Å². The van der Waals surface area contributed by atoms with Crippen molar-refractivity contribution in [1.82, 2.24) is 0 Å². The van der Waals surface area contributed by atoms with Crippen LogP contribution >= 0.6 is 0 Å². The highest BCUT2D eigenvalue weighted by Gasteiger charge is 2.70. The van der Waals surface area contributed by atoms with E-state index in [0.29, 0.717) is 25.0 Å². The summed E-state index contributed by atoms with van der Waals surface area (Å²) in [6.07, 6.45) is 1.89. The molecule has 4 aliphatic rings. The topological polar surface area (TPSA) is 101 Å². The van der Waals surface area contributed by atoms with E-state index in [0.717, 1.165) is 0 Å². The highest BCUT2D eigenvalue weighted by Crippen LogP contribution is 2.70. The zero-order chi connectivity index (χ0) is 17.9. The molecule has 4 aliphatic carbocycles. The van der Waals surface area contributed by atoms with Crippen molar-refractivity contribution in [3.05, 3.63) is 30.3 Å². The fourth-order valence-electron chi connectivity index (χ4n) is 5.85. The Morgan fingerprint density at radius 2 is 1.32 bits per heavy atom. The second-order valence-electron chi connectivity index (χ2n) is 8.16. The summed E-state index contributed by atoms with van der Waals surface area (Å²) in [5, 5.41) is 19.6. The lowest BCUT2D eigenvalue weighted by atomic mass is 9.39.